The van der Waals surface area contributed by atoms with Crippen molar-refractivity contribution in [3.05, 3.63) is 66.1 Å². The average molecular weight is 352 g/mol. The van der Waals surface area contributed by atoms with Gasteiger partial charge in [-0.1, -0.05) is 30.3 Å². The number of piperazine rings is 1. The summed E-state index contributed by atoms with van der Waals surface area (Å²) >= 11 is 0. The van der Waals surface area contributed by atoms with Gasteiger partial charge in [0.1, 0.15) is 6.61 Å². The molecule has 26 heavy (non-hydrogen) atoms. The lowest BCUT2D eigenvalue weighted by Gasteiger charge is -2.37. The van der Waals surface area contributed by atoms with Gasteiger partial charge in [-0.05, 0) is 30.2 Å². The molecule has 0 atom stereocenters. The summed E-state index contributed by atoms with van der Waals surface area (Å²) in [6.45, 7) is 4.41. The minimum Gasteiger partial charge on any atom is -0.482 e. The number of hydrogen-bond acceptors (Lipinski definition) is 5. The Morgan fingerprint density at radius 1 is 0.923 bits per heavy atom. The van der Waals surface area contributed by atoms with E-state index in [1.165, 1.54) is 11.3 Å². The van der Waals surface area contributed by atoms with Crippen molar-refractivity contribution >= 4 is 5.69 Å². The van der Waals surface area contributed by atoms with Crippen LogP contribution in [0.15, 0.2) is 60.5 Å². The number of benzene rings is 2. The molecule has 0 bridgehead atoms. The maximum atomic E-state index is 9.28. The largest absolute Gasteiger partial charge is 0.482 e. The molecule has 5 heteroatoms. The first-order valence-corrected chi connectivity index (χ1v) is 9.11. The van der Waals surface area contributed by atoms with E-state index in [0.717, 1.165) is 43.4 Å². The van der Waals surface area contributed by atoms with Crippen molar-refractivity contribution in [1.82, 2.24) is 4.90 Å². The van der Waals surface area contributed by atoms with E-state index in [9.17, 15) is 5.11 Å². The van der Waals surface area contributed by atoms with Crippen LogP contribution in [0.5, 0.6) is 11.5 Å². The molecule has 0 aliphatic carbocycles. The Balaban J connectivity index is 1.39. The van der Waals surface area contributed by atoms with E-state index in [4.69, 9.17) is 9.47 Å². The van der Waals surface area contributed by atoms with Crippen LogP contribution in [0.2, 0.25) is 0 Å². The van der Waals surface area contributed by atoms with Crippen LogP contribution in [0.25, 0.3) is 0 Å². The molecule has 2 heterocycles. The Morgan fingerprint density at radius 3 is 2.46 bits per heavy atom. The molecule has 0 radical (unpaired) electrons. The van der Waals surface area contributed by atoms with Crippen LogP contribution in [-0.4, -0.2) is 49.4 Å². The number of para-hydroxylation sites is 3. The number of nitrogens with zero attached hydrogens (tertiary/aromatic N) is 2. The number of hydrogen-bond donors (Lipinski definition) is 1. The van der Waals surface area contributed by atoms with Crippen molar-refractivity contribution in [1.29, 1.82) is 0 Å². The summed E-state index contributed by atoms with van der Waals surface area (Å²) in [6.07, 6.45) is 2.78. The summed E-state index contributed by atoms with van der Waals surface area (Å²) < 4.78 is 11.7. The lowest BCUT2D eigenvalue weighted by molar-refractivity contribution is 0.220. The fourth-order valence-corrected chi connectivity index (χ4v) is 3.48. The number of aliphatic hydroxyl groups is 1. The number of aliphatic hydroxyl groups excluding tert-OH is 1. The minimum atomic E-state index is 0.182. The molecule has 1 fully saturated rings. The third kappa shape index (κ3) is 3.63. The SMILES string of the molecule is OCCc1ccccc1N1CCN(/C=C2/COc3ccccc3O2)CC1. The van der Waals surface area contributed by atoms with Gasteiger partial charge in [-0.25, -0.2) is 0 Å². The third-order valence-electron chi connectivity index (χ3n) is 4.81. The highest BCUT2D eigenvalue weighted by atomic mass is 16.6. The van der Waals surface area contributed by atoms with Crippen LogP contribution >= 0.6 is 0 Å². The van der Waals surface area contributed by atoms with Gasteiger partial charge in [0, 0.05) is 44.7 Å². The van der Waals surface area contributed by atoms with E-state index < -0.39 is 0 Å². The van der Waals surface area contributed by atoms with Gasteiger partial charge >= 0.3 is 0 Å². The van der Waals surface area contributed by atoms with Crippen LogP contribution in [0.4, 0.5) is 5.69 Å². The van der Waals surface area contributed by atoms with Crippen molar-refractivity contribution in [2.45, 2.75) is 6.42 Å². The molecule has 2 aromatic rings. The lowest BCUT2D eigenvalue weighted by Crippen LogP contribution is -2.44. The summed E-state index contributed by atoms with van der Waals surface area (Å²) in [7, 11) is 0. The van der Waals surface area contributed by atoms with Crippen LogP contribution in [0.1, 0.15) is 5.56 Å². The van der Waals surface area contributed by atoms with E-state index in [-0.39, 0.29) is 6.61 Å². The zero-order valence-corrected chi connectivity index (χ0v) is 14.8. The standard InChI is InChI=1S/C21H24N2O3/c24-14-9-17-5-1-2-6-19(17)23-12-10-22(11-13-23)15-18-16-25-20-7-3-4-8-21(20)26-18/h1-8,15,24H,9-14,16H2/b18-15-. The van der Waals surface area contributed by atoms with Crippen molar-refractivity contribution in [2.75, 3.05) is 44.3 Å². The monoisotopic (exact) mass is 352 g/mol. The first kappa shape index (κ1) is 16.8. The zero-order chi connectivity index (χ0) is 17.8. The Hall–Kier alpha value is -2.66. The highest BCUT2D eigenvalue weighted by Gasteiger charge is 2.20. The predicted octanol–water partition coefficient (Wildman–Crippen LogP) is 2.66. The molecule has 4 rings (SSSR count). The van der Waals surface area contributed by atoms with E-state index in [0.29, 0.717) is 13.0 Å². The molecule has 2 aliphatic heterocycles. The molecule has 0 saturated carbocycles. The van der Waals surface area contributed by atoms with Gasteiger partial charge in [-0.2, -0.15) is 0 Å². The molecule has 0 spiro atoms. The molecule has 2 aromatic carbocycles. The van der Waals surface area contributed by atoms with Crippen molar-refractivity contribution in [3.63, 3.8) is 0 Å². The number of rotatable bonds is 4. The number of fused-ring (bicyclic) bond motifs is 1. The summed E-state index contributed by atoms with van der Waals surface area (Å²) in [5, 5.41) is 9.28. The molecule has 0 amide bonds. The topological polar surface area (TPSA) is 45.2 Å². The summed E-state index contributed by atoms with van der Waals surface area (Å²) in [5.41, 5.74) is 2.45. The van der Waals surface area contributed by atoms with E-state index in [1.807, 2.05) is 30.3 Å². The average Bonchev–Trinajstić information content (AvgIpc) is 2.69. The van der Waals surface area contributed by atoms with Gasteiger partial charge in [0.2, 0.25) is 0 Å². The second kappa shape index (κ2) is 7.70. The Bertz CT molecular complexity index is 782. The van der Waals surface area contributed by atoms with Crippen LogP contribution in [0.3, 0.4) is 0 Å². The highest BCUT2D eigenvalue weighted by molar-refractivity contribution is 5.54. The first-order chi connectivity index (χ1) is 12.8. The fourth-order valence-electron chi connectivity index (χ4n) is 3.48. The summed E-state index contributed by atoms with van der Waals surface area (Å²) in [5.74, 6) is 2.43. The van der Waals surface area contributed by atoms with Gasteiger partial charge < -0.3 is 24.4 Å². The van der Waals surface area contributed by atoms with Gasteiger partial charge in [0.25, 0.3) is 0 Å². The maximum absolute atomic E-state index is 9.28. The molecule has 1 saturated heterocycles. The van der Waals surface area contributed by atoms with Gasteiger partial charge in [-0.3, -0.25) is 0 Å². The summed E-state index contributed by atoms with van der Waals surface area (Å²) in [4.78, 5) is 4.69. The fraction of sp³-hybridized carbons (Fsp3) is 0.333. The second-order valence-electron chi connectivity index (χ2n) is 6.56. The van der Waals surface area contributed by atoms with Crippen LogP contribution in [0, 0.1) is 0 Å². The quantitative estimate of drug-likeness (QED) is 0.917. The molecule has 0 unspecified atom stereocenters. The Morgan fingerprint density at radius 2 is 1.65 bits per heavy atom. The second-order valence-corrected chi connectivity index (χ2v) is 6.56. The smallest absolute Gasteiger partial charge is 0.169 e. The molecular formula is C21H24N2O3. The van der Waals surface area contributed by atoms with Crippen LogP contribution < -0.4 is 14.4 Å². The van der Waals surface area contributed by atoms with Gasteiger partial charge in [0.15, 0.2) is 17.3 Å². The summed E-state index contributed by atoms with van der Waals surface area (Å²) in [6, 6.07) is 16.1. The van der Waals surface area contributed by atoms with Crippen molar-refractivity contribution < 1.29 is 14.6 Å². The predicted molar refractivity (Wildman–Crippen MR) is 102 cm³/mol. The van der Waals surface area contributed by atoms with E-state index in [1.54, 1.807) is 0 Å². The molecule has 136 valence electrons. The molecule has 2 aliphatic rings. The molecule has 1 N–H and O–H groups in total. The van der Waals surface area contributed by atoms with Crippen molar-refractivity contribution in [3.8, 4) is 11.5 Å². The molecule has 0 aromatic heterocycles. The van der Waals surface area contributed by atoms with Gasteiger partial charge in [-0.15, -0.1) is 0 Å². The Labute approximate surface area is 154 Å². The van der Waals surface area contributed by atoms with Crippen LogP contribution in [-0.2, 0) is 6.42 Å². The maximum Gasteiger partial charge on any atom is 0.169 e. The molecule has 5 nitrogen and oxygen atoms in total. The minimum absolute atomic E-state index is 0.182. The normalized spacial score (nSPS) is 18.3. The Kier molecular flexibility index (Phi) is 4.97. The first-order valence-electron chi connectivity index (χ1n) is 9.11. The molecular weight excluding hydrogens is 328 g/mol. The van der Waals surface area contributed by atoms with Gasteiger partial charge in [0.05, 0.1) is 0 Å². The number of ether oxygens (including phenoxy) is 2. The van der Waals surface area contributed by atoms with E-state index in [2.05, 4.69) is 34.2 Å². The lowest BCUT2D eigenvalue weighted by atomic mass is 10.1. The highest BCUT2D eigenvalue weighted by Crippen LogP contribution is 2.32. The van der Waals surface area contributed by atoms with E-state index >= 15 is 0 Å². The zero-order valence-electron chi connectivity index (χ0n) is 14.8. The third-order valence-corrected chi connectivity index (χ3v) is 4.81. The number of anilines is 1. The van der Waals surface area contributed by atoms with Crippen molar-refractivity contribution in [2.24, 2.45) is 0 Å².